The summed E-state index contributed by atoms with van der Waals surface area (Å²) in [4.78, 5) is 15.2. The molecule has 1 heterocycles. The largest absolute Gasteiger partial charge is 0.494 e. The third-order valence-electron chi connectivity index (χ3n) is 2.55. The van der Waals surface area contributed by atoms with E-state index in [1.165, 1.54) is 14.0 Å². The summed E-state index contributed by atoms with van der Waals surface area (Å²) in [6.45, 7) is 1.51. The number of carboxylic acids is 1. The highest BCUT2D eigenvalue weighted by molar-refractivity contribution is 6.05. The lowest BCUT2D eigenvalue weighted by Gasteiger charge is -2.11. The molecular weight excluding hydrogens is 244 g/mol. The van der Waals surface area contributed by atoms with E-state index in [0.717, 1.165) is 6.07 Å². The quantitative estimate of drug-likeness (QED) is 0.893. The highest BCUT2D eigenvalue weighted by Crippen LogP contribution is 2.31. The summed E-state index contributed by atoms with van der Waals surface area (Å²) in [6, 6.07) is 1.60. The van der Waals surface area contributed by atoms with Crippen LogP contribution in [0.15, 0.2) is 12.1 Å². The average molecular weight is 253 g/mol. The lowest BCUT2D eigenvalue weighted by atomic mass is 10.1. The fourth-order valence-corrected chi connectivity index (χ4v) is 1.88. The minimum Gasteiger partial charge on any atom is -0.494 e. The van der Waals surface area contributed by atoms with Crippen molar-refractivity contribution in [1.82, 2.24) is 4.98 Å². The summed E-state index contributed by atoms with van der Waals surface area (Å²) < 4.78 is 31.7. The van der Waals surface area contributed by atoms with E-state index in [-0.39, 0.29) is 27.9 Å². The maximum absolute atomic E-state index is 13.7. The molecule has 0 spiro atoms. The van der Waals surface area contributed by atoms with Crippen molar-refractivity contribution in [2.45, 2.75) is 6.92 Å². The second kappa shape index (κ2) is 4.21. The summed E-state index contributed by atoms with van der Waals surface area (Å²) >= 11 is 0. The Morgan fingerprint density at radius 3 is 2.61 bits per heavy atom. The number of methoxy groups -OCH3 is 1. The van der Waals surface area contributed by atoms with Crippen LogP contribution >= 0.6 is 0 Å². The molecule has 6 heteroatoms. The molecular formula is C12H9F2NO3. The van der Waals surface area contributed by atoms with E-state index < -0.39 is 17.6 Å². The van der Waals surface area contributed by atoms with Gasteiger partial charge in [0, 0.05) is 12.1 Å². The van der Waals surface area contributed by atoms with Gasteiger partial charge < -0.3 is 9.84 Å². The molecule has 4 nitrogen and oxygen atoms in total. The van der Waals surface area contributed by atoms with Crippen molar-refractivity contribution in [3.63, 3.8) is 0 Å². The van der Waals surface area contributed by atoms with E-state index in [4.69, 9.17) is 9.84 Å². The Morgan fingerprint density at radius 2 is 2.06 bits per heavy atom. The number of carboxylic acid groups (broad SMARTS) is 1. The first-order valence-corrected chi connectivity index (χ1v) is 5.02. The maximum atomic E-state index is 13.7. The van der Waals surface area contributed by atoms with Gasteiger partial charge in [-0.2, -0.15) is 0 Å². The van der Waals surface area contributed by atoms with Crippen LogP contribution in [0.5, 0.6) is 5.75 Å². The molecule has 0 saturated heterocycles. The number of aromatic carboxylic acids is 1. The van der Waals surface area contributed by atoms with Crippen LogP contribution in [0.4, 0.5) is 8.78 Å². The van der Waals surface area contributed by atoms with Gasteiger partial charge in [0.15, 0.2) is 5.75 Å². The van der Waals surface area contributed by atoms with Gasteiger partial charge in [0.25, 0.3) is 0 Å². The molecule has 0 saturated carbocycles. The fraction of sp³-hybridized carbons (Fsp3) is 0.167. The molecule has 0 aliphatic rings. The molecule has 0 atom stereocenters. The highest BCUT2D eigenvalue weighted by atomic mass is 19.1. The van der Waals surface area contributed by atoms with Crippen LogP contribution in [0, 0.1) is 18.6 Å². The number of nitrogens with zero attached hydrogens (tertiary/aromatic N) is 1. The molecule has 0 radical (unpaired) electrons. The standard InChI is InChI=1S/C12H9F2NO3/c1-5-11(18-2)10(12(16)17)9-7(14)3-6(13)4-8(9)15-5/h3-4H,1-2H3,(H,16,17). The number of aryl methyl sites for hydroxylation is 1. The minimum absolute atomic E-state index is 0.0273. The molecule has 1 N–H and O–H groups in total. The number of hydrogen-bond acceptors (Lipinski definition) is 3. The zero-order valence-electron chi connectivity index (χ0n) is 9.62. The number of fused-ring (bicyclic) bond motifs is 1. The van der Waals surface area contributed by atoms with E-state index in [1.807, 2.05) is 0 Å². The Hall–Kier alpha value is -2.24. The number of pyridine rings is 1. The van der Waals surface area contributed by atoms with Crippen LogP contribution < -0.4 is 4.74 Å². The molecule has 0 aliphatic heterocycles. The SMILES string of the molecule is COc1c(C)nc2cc(F)cc(F)c2c1C(=O)O. The third kappa shape index (κ3) is 1.75. The lowest BCUT2D eigenvalue weighted by Crippen LogP contribution is -2.06. The predicted molar refractivity (Wildman–Crippen MR) is 59.9 cm³/mol. The third-order valence-corrected chi connectivity index (χ3v) is 2.55. The normalized spacial score (nSPS) is 10.7. The number of carbonyl (C=O) groups is 1. The fourth-order valence-electron chi connectivity index (χ4n) is 1.88. The van der Waals surface area contributed by atoms with Crippen molar-refractivity contribution in [2.75, 3.05) is 7.11 Å². The number of benzene rings is 1. The Labute approximate surface area is 101 Å². The number of hydrogen-bond donors (Lipinski definition) is 1. The van der Waals surface area contributed by atoms with Crippen LogP contribution in [0.25, 0.3) is 10.9 Å². The minimum atomic E-state index is -1.35. The van der Waals surface area contributed by atoms with Gasteiger partial charge in [-0.25, -0.2) is 18.6 Å². The number of ether oxygens (including phenoxy) is 1. The Bertz CT molecular complexity index is 656. The molecule has 94 valence electrons. The van der Waals surface area contributed by atoms with Gasteiger partial charge >= 0.3 is 5.97 Å². The summed E-state index contributed by atoms with van der Waals surface area (Å²) in [5, 5.41) is 8.89. The van der Waals surface area contributed by atoms with E-state index >= 15 is 0 Å². The number of aromatic nitrogens is 1. The predicted octanol–water partition coefficient (Wildman–Crippen LogP) is 2.53. The van der Waals surface area contributed by atoms with E-state index in [0.29, 0.717) is 6.07 Å². The second-order valence-electron chi connectivity index (χ2n) is 3.69. The highest BCUT2D eigenvalue weighted by Gasteiger charge is 2.22. The zero-order chi connectivity index (χ0) is 13.4. The second-order valence-corrected chi connectivity index (χ2v) is 3.69. The van der Waals surface area contributed by atoms with Crippen molar-refractivity contribution in [1.29, 1.82) is 0 Å². The van der Waals surface area contributed by atoms with Crippen LogP contribution in [0.3, 0.4) is 0 Å². The van der Waals surface area contributed by atoms with Gasteiger partial charge in [-0.05, 0) is 6.92 Å². The maximum Gasteiger partial charge on any atom is 0.340 e. The first-order valence-electron chi connectivity index (χ1n) is 5.02. The van der Waals surface area contributed by atoms with Crippen molar-refractivity contribution in [3.8, 4) is 5.75 Å². The molecule has 2 rings (SSSR count). The molecule has 2 aromatic rings. The van der Waals surface area contributed by atoms with Gasteiger partial charge in [-0.3, -0.25) is 0 Å². The summed E-state index contributed by atoms with van der Waals surface area (Å²) in [5.74, 6) is -3.17. The summed E-state index contributed by atoms with van der Waals surface area (Å²) in [5.41, 5.74) is -0.145. The van der Waals surface area contributed by atoms with Crippen LogP contribution in [-0.4, -0.2) is 23.2 Å². The van der Waals surface area contributed by atoms with Gasteiger partial charge in [0.1, 0.15) is 17.2 Å². The molecule has 0 bridgehead atoms. The molecule has 18 heavy (non-hydrogen) atoms. The summed E-state index contributed by atoms with van der Waals surface area (Å²) in [7, 11) is 1.27. The van der Waals surface area contributed by atoms with E-state index in [9.17, 15) is 13.6 Å². The Morgan fingerprint density at radius 1 is 1.39 bits per heavy atom. The number of halogens is 2. The van der Waals surface area contributed by atoms with Crippen molar-refractivity contribution in [3.05, 3.63) is 35.0 Å². The monoisotopic (exact) mass is 253 g/mol. The van der Waals surface area contributed by atoms with Crippen LogP contribution in [0.2, 0.25) is 0 Å². The van der Waals surface area contributed by atoms with Crippen LogP contribution in [0.1, 0.15) is 16.1 Å². The van der Waals surface area contributed by atoms with Gasteiger partial charge in [-0.1, -0.05) is 0 Å². The molecule has 0 aliphatic carbocycles. The van der Waals surface area contributed by atoms with Gasteiger partial charge in [-0.15, -0.1) is 0 Å². The van der Waals surface area contributed by atoms with Crippen molar-refractivity contribution < 1.29 is 23.4 Å². The lowest BCUT2D eigenvalue weighted by molar-refractivity contribution is 0.0695. The topological polar surface area (TPSA) is 59.4 Å². The molecule has 0 fully saturated rings. The Balaban J connectivity index is 3.02. The zero-order valence-corrected chi connectivity index (χ0v) is 9.62. The molecule has 1 aromatic heterocycles. The number of rotatable bonds is 2. The molecule has 0 unspecified atom stereocenters. The summed E-state index contributed by atoms with van der Waals surface area (Å²) in [6.07, 6.45) is 0. The first kappa shape index (κ1) is 12.2. The van der Waals surface area contributed by atoms with Gasteiger partial charge in [0.2, 0.25) is 0 Å². The van der Waals surface area contributed by atoms with Crippen LogP contribution in [-0.2, 0) is 0 Å². The van der Waals surface area contributed by atoms with Crippen molar-refractivity contribution in [2.24, 2.45) is 0 Å². The smallest absolute Gasteiger partial charge is 0.340 e. The molecule has 1 aromatic carbocycles. The Kier molecular flexibility index (Phi) is 2.86. The first-order chi connectivity index (χ1) is 8.45. The van der Waals surface area contributed by atoms with E-state index in [1.54, 1.807) is 0 Å². The average Bonchev–Trinajstić information content (AvgIpc) is 2.26. The van der Waals surface area contributed by atoms with E-state index in [2.05, 4.69) is 4.98 Å². The molecule has 0 amide bonds. The van der Waals surface area contributed by atoms with Crippen molar-refractivity contribution >= 4 is 16.9 Å². The van der Waals surface area contributed by atoms with Gasteiger partial charge in [0.05, 0.1) is 23.7 Å².